The number of anilines is 1. The van der Waals surface area contributed by atoms with Gasteiger partial charge >= 0.3 is 0 Å². The van der Waals surface area contributed by atoms with Gasteiger partial charge in [0.05, 0.1) is 24.6 Å². The maximum absolute atomic E-state index is 9.44. The van der Waals surface area contributed by atoms with Crippen molar-refractivity contribution in [3.8, 4) is 0 Å². The Hall–Kier alpha value is -2.57. The monoisotopic (exact) mass is 488 g/mol. The summed E-state index contributed by atoms with van der Waals surface area (Å²) in [4.78, 5) is 17.3. The summed E-state index contributed by atoms with van der Waals surface area (Å²) in [5, 5.41) is 9.44. The van der Waals surface area contributed by atoms with Crippen LogP contribution >= 0.6 is 0 Å². The lowest BCUT2D eigenvalue weighted by Gasteiger charge is -2.29. The van der Waals surface area contributed by atoms with Gasteiger partial charge in [0.2, 0.25) is 5.95 Å². The molecule has 2 atom stereocenters. The van der Waals surface area contributed by atoms with Gasteiger partial charge in [-0.2, -0.15) is 0 Å². The van der Waals surface area contributed by atoms with Crippen molar-refractivity contribution in [1.29, 1.82) is 0 Å². The second kappa shape index (κ2) is 12.1. The molecule has 2 aliphatic carbocycles. The number of allylic oxidation sites excluding steroid dienone is 8. The number of aliphatic hydroxyl groups is 1. The normalized spacial score (nSPS) is 26.2. The van der Waals surface area contributed by atoms with Gasteiger partial charge in [0.1, 0.15) is 0 Å². The molecule has 192 valence electrons. The predicted octanol–water partition coefficient (Wildman–Crippen LogP) is 4.89. The van der Waals surface area contributed by atoms with Crippen LogP contribution in [-0.2, 0) is 17.6 Å². The van der Waals surface area contributed by atoms with E-state index in [0.29, 0.717) is 25.0 Å². The highest BCUT2D eigenvalue weighted by atomic mass is 16.5. The molecule has 36 heavy (non-hydrogen) atoms. The molecule has 1 aromatic heterocycles. The molecule has 0 bridgehead atoms. The molecule has 2 aliphatic heterocycles. The third-order valence-corrected chi connectivity index (χ3v) is 7.87. The van der Waals surface area contributed by atoms with Crippen molar-refractivity contribution < 1.29 is 9.84 Å². The van der Waals surface area contributed by atoms with E-state index in [2.05, 4.69) is 47.2 Å². The molecular formula is C30H40N4O2. The fraction of sp³-hybridized carbons (Fsp3) is 0.567. The Kier molecular flexibility index (Phi) is 8.44. The molecule has 1 N–H and O–H groups in total. The van der Waals surface area contributed by atoms with Gasteiger partial charge < -0.3 is 14.7 Å². The molecular weight excluding hydrogens is 448 g/mol. The summed E-state index contributed by atoms with van der Waals surface area (Å²) in [6, 6.07) is 0. The molecule has 0 aromatic carbocycles. The number of hydrogen-bond donors (Lipinski definition) is 1. The summed E-state index contributed by atoms with van der Waals surface area (Å²) in [5.74, 6) is 1.77. The Bertz CT molecular complexity index is 1080. The van der Waals surface area contributed by atoms with E-state index < -0.39 is 0 Å². The van der Waals surface area contributed by atoms with Crippen LogP contribution in [0.1, 0.15) is 62.4 Å². The number of aliphatic imine (C=N–C) groups is 1. The lowest BCUT2D eigenvalue weighted by atomic mass is 9.84. The van der Waals surface area contributed by atoms with E-state index in [1.807, 2.05) is 6.21 Å². The average Bonchev–Trinajstić information content (AvgIpc) is 3.10. The number of fused-ring (bicyclic) bond motifs is 2. The highest BCUT2D eigenvalue weighted by Crippen LogP contribution is 2.35. The minimum atomic E-state index is 0.238. The molecule has 5 rings (SSSR count). The molecule has 6 nitrogen and oxygen atoms in total. The first-order chi connectivity index (χ1) is 17.7. The summed E-state index contributed by atoms with van der Waals surface area (Å²) in [6.07, 6.45) is 21.6. The Morgan fingerprint density at radius 3 is 2.86 bits per heavy atom. The van der Waals surface area contributed by atoms with Crippen molar-refractivity contribution in [2.24, 2.45) is 16.8 Å². The van der Waals surface area contributed by atoms with Crippen LogP contribution in [0.5, 0.6) is 0 Å². The molecule has 2 unspecified atom stereocenters. The van der Waals surface area contributed by atoms with Crippen molar-refractivity contribution in [3.63, 3.8) is 0 Å². The van der Waals surface area contributed by atoms with Crippen LogP contribution in [0.2, 0.25) is 0 Å². The third-order valence-electron chi connectivity index (χ3n) is 7.87. The Morgan fingerprint density at radius 1 is 1.11 bits per heavy atom. The van der Waals surface area contributed by atoms with E-state index in [1.54, 1.807) is 0 Å². The van der Waals surface area contributed by atoms with Gasteiger partial charge in [-0.05, 0) is 87.9 Å². The van der Waals surface area contributed by atoms with Gasteiger partial charge in [0.15, 0.2) is 0 Å². The average molecular weight is 489 g/mol. The van der Waals surface area contributed by atoms with Crippen LogP contribution in [0.4, 0.5) is 5.95 Å². The minimum absolute atomic E-state index is 0.238. The van der Waals surface area contributed by atoms with E-state index >= 15 is 0 Å². The molecule has 4 aliphatic rings. The Balaban J connectivity index is 1.62. The second-order valence-corrected chi connectivity index (χ2v) is 10.5. The third kappa shape index (κ3) is 6.04. The van der Waals surface area contributed by atoms with Crippen molar-refractivity contribution >= 4 is 17.7 Å². The van der Waals surface area contributed by atoms with Crippen molar-refractivity contribution in [1.82, 2.24) is 9.97 Å². The highest BCUT2D eigenvalue weighted by Gasteiger charge is 2.25. The van der Waals surface area contributed by atoms with E-state index in [0.717, 1.165) is 76.2 Å². The first-order valence-corrected chi connectivity index (χ1v) is 13.8. The number of ether oxygens (including phenoxy) is 1. The van der Waals surface area contributed by atoms with Crippen LogP contribution in [-0.4, -0.2) is 60.7 Å². The fourth-order valence-electron chi connectivity index (χ4n) is 5.80. The summed E-state index contributed by atoms with van der Waals surface area (Å²) in [6.45, 7) is 6.48. The molecule has 1 saturated heterocycles. The van der Waals surface area contributed by atoms with Gasteiger partial charge in [-0.3, -0.25) is 4.99 Å². The predicted molar refractivity (Wildman–Crippen MR) is 147 cm³/mol. The second-order valence-electron chi connectivity index (χ2n) is 10.5. The highest BCUT2D eigenvalue weighted by molar-refractivity contribution is 5.81. The summed E-state index contributed by atoms with van der Waals surface area (Å²) >= 11 is 0. The van der Waals surface area contributed by atoms with Gasteiger partial charge in [0, 0.05) is 43.6 Å². The molecule has 0 saturated carbocycles. The first kappa shape index (κ1) is 25.1. The van der Waals surface area contributed by atoms with E-state index in [1.165, 1.54) is 34.4 Å². The van der Waals surface area contributed by atoms with Crippen molar-refractivity contribution in [3.05, 3.63) is 58.5 Å². The van der Waals surface area contributed by atoms with Gasteiger partial charge in [-0.15, -0.1) is 0 Å². The standard InChI is InChI=1S/C30H40N4O2/c1-22-8-9-24-10-12-31-13-11-25(24)21-26(19-22)29-27-7-3-2-5-23(6-4-16-35)20-28(27)32-30(33-29)34-14-17-36-18-15-34/h2,5,11,13,19,21,23-24,35H,3-4,6-10,12,14-18,20H2,1H3/b5-2?,22-19?,26-21+. The molecule has 3 heterocycles. The zero-order valence-corrected chi connectivity index (χ0v) is 21.7. The molecule has 0 spiro atoms. The Labute approximate surface area is 215 Å². The maximum Gasteiger partial charge on any atom is 0.226 e. The van der Waals surface area contributed by atoms with E-state index in [-0.39, 0.29) is 6.61 Å². The first-order valence-electron chi connectivity index (χ1n) is 13.8. The SMILES string of the molecule is CC1=C/C(c2nc(N3CCOCC3)nc3c2CCC=CC(CCCO)C3)=C\C2=CC=NCCC2CC1. The number of nitrogens with zero attached hydrogens (tertiary/aromatic N) is 4. The smallest absolute Gasteiger partial charge is 0.226 e. The number of rotatable bonds is 5. The van der Waals surface area contributed by atoms with Gasteiger partial charge in [-0.1, -0.05) is 23.8 Å². The van der Waals surface area contributed by atoms with Gasteiger partial charge in [-0.25, -0.2) is 9.97 Å². The zero-order chi connectivity index (χ0) is 24.7. The van der Waals surface area contributed by atoms with Crippen LogP contribution in [0.25, 0.3) is 5.57 Å². The molecule has 6 heteroatoms. The lowest BCUT2D eigenvalue weighted by Crippen LogP contribution is -2.38. The van der Waals surface area contributed by atoms with Crippen LogP contribution in [0, 0.1) is 11.8 Å². The Morgan fingerprint density at radius 2 is 2.00 bits per heavy atom. The molecule has 1 fully saturated rings. The van der Waals surface area contributed by atoms with Crippen LogP contribution < -0.4 is 4.90 Å². The zero-order valence-electron chi connectivity index (χ0n) is 21.7. The number of morpholine rings is 1. The molecule has 1 aromatic rings. The summed E-state index contributed by atoms with van der Waals surface area (Å²) in [5.41, 5.74) is 7.57. The quantitative estimate of drug-likeness (QED) is 0.598. The van der Waals surface area contributed by atoms with Crippen LogP contribution in [0.15, 0.2) is 46.5 Å². The largest absolute Gasteiger partial charge is 0.396 e. The molecule has 0 radical (unpaired) electrons. The van der Waals surface area contributed by atoms with Crippen molar-refractivity contribution in [2.75, 3.05) is 44.4 Å². The van der Waals surface area contributed by atoms with Gasteiger partial charge in [0.25, 0.3) is 0 Å². The lowest BCUT2D eigenvalue weighted by molar-refractivity contribution is 0.122. The molecule has 0 amide bonds. The van der Waals surface area contributed by atoms with E-state index in [9.17, 15) is 5.11 Å². The number of aliphatic hydroxyl groups excluding tert-OH is 1. The fourth-order valence-corrected chi connectivity index (χ4v) is 5.80. The number of hydrogen-bond acceptors (Lipinski definition) is 6. The van der Waals surface area contributed by atoms with E-state index in [4.69, 9.17) is 14.7 Å². The topological polar surface area (TPSA) is 70.8 Å². The number of aromatic nitrogens is 2. The van der Waals surface area contributed by atoms with Crippen molar-refractivity contribution in [2.45, 2.75) is 58.3 Å². The summed E-state index contributed by atoms with van der Waals surface area (Å²) in [7, 11) is 0. The minimum Gasteiger partial charge on any atom is -0.396 e. The maximum atomic E-state index is 9.44. The summed E-state index contributed by atoms with van der Waals surface area (Å²) < 4.78 is 5.62. The van der Waals surface area contributed by atoms with Crippen LogP contribution in [0.3, 0.4) is 0 Å².